The molecule has 2 atom stereocenters. The van der Waals surface area contributed by atoms with Gasteiger partial charge < -0.3 is 16.2 Å². The summed E-state index contributed by atoms with van der Waals surface area (Å²) in [4.78, 5) is 15.6. The molecule has 0 aromatic carbocycles. The fourth-order valence-electron chi connectivity index (χ4n) is 2.66. The minimum Gasteiger partial charge on any atom is -0.477 e. The number of hydrogen-bond donors (Lipinski definition) is 2. The number of pyridine rings is 1. The molecule has 1 heterocycles. The van der Waals surface area contributed by atoms with Crippen LogP contribution < -0.4 is 16.2 Å². The maximum absolute atomic E-state index is 11.3. The van der Waals surface area contributed by atoms with Crippen molar-refractivity contribution in [3.8, 4) is 5.88 Å². The average Bonchev–Trinajstić information content (AvgIpc) is 2.83. The quantitative estimate of drug-likeness (QED) is 0.836. The van der Waals surface area contributed by atoms with Crippen molar-refractivity contribution in [2.45, 2.75) is 26.2 Å². The Balaban J connectivity index is 2.06. The summed E-state index contributed by atoms with van der Waals surface area (Å²) in [6.45, 7) is 3.10. The van der Waals surface area contributed by atoms with Crippen molar-refractivity contribution in [2.75, 3.05) is 13.2 Å². The summed E-state index contributed by atoms with van der Waals surface area (Å²) in [5.74, 6) is 0.800. The van der Waals surface area contributed by atoms with Gasteiger partial charge in [-0.1, -0.05) is 6.42 Å². The Morgan fingerprint density at radius 2 is 2.16 bits per heavy atom. The third-order valence-corrected chi connectivity index (χ3v) is 3.82. The Bertz CT molecular complexity index is 462. The van der Waals surface area contributed by atoms with Gasteiger partial charge in [-0.05, 0) is 50.3 Å². The molecule has 1 saturated carbocycles. The van der Waals surface area contributed by atoms with E-state index in [0.717, 1.165) is 18.5 Å². The number of rotatable bonds is 5. The van der Waals surface area contributed by atoms with E-state index < -0.39 is 5.91 Å². The smallest absolute Gasteiger partial charge is 0.254 e. The molecule has 1 aromatic heterocycles. The predicted molar refractivity (Wildman–Crippen MR) is 72.9 cm³/mol. The molecule has 1 aromatic rings. The van der Waals surface area contributed by atoms with Gasteiger partial charge in [0.25, 0.3) is 5.91 Å². The number of ether oxygens (including phenoxy) is 1. The number of nitrogens with two attached hydrogens (primary N) is 2. The number of aromatic nitrogens is 1. The summed E-state index contributed by atoms with van der Waals surface area (Å²) in [5.41, 5.74) is 12.2. The zero-order chi connectivity index (χ0) is 13.8. The summed E-state index contributed by atoms with van der Waals surface area (Å²) in [6, 6.07) is 3.42. The molecule has 5 heteroatoms. The number of aryl methyl sites for hydroxylation is 1. The molecule has 1 aliphatic carbocycles. The van der Waals surface area contributed by atoms with E-state index in [1.807, 2.05) is 6.92 Å². The zero-order valence-electron chi connectivity index (χ0n) is 11.3. The molecule has 0 bridgehead atoms. The average molecular weight is 263 g/mol. The van der Waals surface area contributed by atoms with Crippen LogP contribution in [0.5, 0.6) is 5.88 Å². The lowest BCUT2D eigenvalue weighted by atomic mass is 9.97. The number of amides is 1. The molecular weight excluding hydrogens is 242 g/mol. The largest absolute Gasteiger partial charge is 0.477 e. The normalized spacial score (nSPS) is 22.4. The Morgan fingerprint density at radius 1 is 1.42 bits per heavy atom. The third-order valence-electron chi connectivity index (χ3n) is 3.82. The van der Waals surface area contributed by atoms with Gasteiger partial charge >= 0.3 is 0 Å². The zero-order valence-corrected chi connectivity index (χ0v) is 11.3. The van der Waals surface area contributed by atoms with Crippen LogP contribution in [0.15, 0.2) is 12.1 Å². The maximum Gasteiger partial charge on any atom is 0.254 e. The highest BCUT2D eigenvalue weighted by Gasteiger charge is 2.27. The molecule has 19 heavy (non-hydrogen) atoms. The van der Waals surface area contributed by atoms with Gasteiger partial charge in [0, 0.05) is 5.69 Å². The predicted octanol–water partition coefficient (Wildman–Crippen LogP) is 1.24. The molecule has 0 saturated heterocycles. The Labute approximate surface area is 113 Å². The van der Waals surface area contributed by atoms with Gasteiger partial charge in [-0.15, -0.1) is 0 Å². The molecule has 1 fully saturated rings. The van der Waals surface area contributed by atoms with E-state index in [1.54, 1.807) is 12.1 Å². The van der Waals surface area contributed by atoms with Crippen LogP contribution in [0.4, 0.5) is 0 Å². The molecule has 4 N–H and O–H groups in total. The molecule has 0 aliphatic heterocycles. The van der Waals surface area contributed by atoms with E-state index in [4.69, 9.17) is 16.2 Å². The molecule has 0 spiro atoms. The topological polar surface area (TPSA) is 91.2 Å². The van der Waals surface area contributed by atoms with Crippen molar-refractivity contribution in [3.05, 3.63) is 23.4 Å². The summed E-state index contributed by atoms with van der Waals surface area (Å²) in [7, 11) is 0. The first kappa shape index (κ1) is 13.8. The van der Waals surface area contributed by atoms with Crippen molar-refractivity contribution in [1.29, 1.82) is 0 Å². The third kappa shape index (κ3) is 3.23. The van der Waals surface area contributed by atoms with Gasteiger partial charge in [0.2, 0.25) is 5.88 Å². The van der Waals surface area contributed by atoms with E-state index >= 15 is 0 Å². The van der Waals surface area contributed by atoms with E-state index in [1.165, 1.54) is 6.42 Å². The van der Waals surface area contributed by atoms with Crippen LogP contribution in [0.25, 0.3) is 0 Å². The minimum absolute atomic E-state index is 0.341. The number of primary amides is 1. The summed E-state index contributed by atoms with van der Waals surface area (Å²) in [5, 5.41) is 0. The highest BCUT2D eigenvalue weighted by molar-refractivity contribution is 5.95. The van der Waals surface area contributed by atoms with E-state index in [9.17, 15) is 4.79 Å². The fraction of sp³-hybridized carbons (Fsp3) is 0.571. The van der Waals surface area contributed by atoms with Gasteiger partial charge in [-0.2, -0.15) is 0 Å². The molecule has 104 valence electrons. The second kappa shape index (κ2) is 6.02. The van der Waals surface area contributed by atoms with Gasteiger partial charge in [0.05, 0.1) is 6.61 Å². The number of nitrogens with zero attached hydrogens (tertiary/aromatic N) is 1. The Morgan fingerprint density at radius 3 is 2.84 bits per heavy atom. The van der Waals surface area contributed by atoms with E-state index in [2.05, 4.69) is 4.98 Å². The highest BCUT2D eigenvalue weighted by Crippen LogP contribution is 2.31. The van der Waals surface area contributed by atoms with Gasteiger partial charge in [0.15, 0.2) is 0 Å². The number of carbonyl (C=O) groups excluding carboxylic acids is 1. The molecule has 0 radical (unpaired) electrons. The van der Waals surface area contributed by atoms with Crippen LogP contribution in [-0.2, 0) is 0 Å². The van der Waals surface area contributed by atoms with Crippen LogP contribution in [-0.4, -0.2) is 24.0 Å². The molecule has 2 unspecified atom stereocenters. The van der Waals surface area contributed by atoms with Crippen molar-refractivity contribution >= 4 is 5.91 Å². The molecule has 1 aliphatic rings. The Kier molecular flexibility index (Phi) is 4.37. The van der Waals surface area contributed by atoms with Crippen molar-refractivity contribution in [1.82, 2.24) is 4.98 Å². The summed E-state index contributed by atoms with van der Waals surface area (Å²) < 4.78 is 5.73. The number of carbonyl (C=O) groups is 1. The van der Waals surface area contributed by atoms with Gasteiger partial charge in [0.1, 0.15) is 5.56 Å². The van der Waals surface area contributed by atoms with Gasteiger partial charge in [-0.3, -0.25) is 4.79 Å². The highest BCUT2D eigenvalue weighted by atomic mass is 16.5. The van der Waals surface area contributed by atoms with Crippen LogP contribution in [0.3, 0.4) is 0 Å². The standard InChI is InChI=1S/C14H21N3O2/c1-9-5-6-12(13(16)18)14(17-9)19-8-11-4-2-3-10(11)7-15/h5-6,10-11H,2-4,7-8,15H2,1H3,(H2,16,18). The second-order valence-corrected chi connectivity index (χ2v) is 5.17. The monoisotopic (exact) mass is 263 g/mol. The van der Waals surface area contributed by atoms with Crippen LogP contribution in [0, 0.1) is 18.8 Å². The minimum atomic E-state index is -0.510. The SMILES string of the molecule is Cc1ccc(C(N)=O)c(OCC2CCCC2CN)n1. The number of hydrogen-bond acceptors (Lipinski definition) is 4. The van der Waals surface area contributed by atoms with Gasteiger partial charge in [-0.25, -0.2) is 4.98 Å². The summed E-state index contributed by atoms with van der Waals surface area (Å²) >= 11 is 0. The molecule has 2 rings (SSSR count). The van der Waals surface area contributed by atoms with Crippen LogP contribution >= 0.6 is 0 Å². The summed E-state index contributed by atoms with van der Waals surface area (Å²) in [6.07, 6.45) is 3.48. The van der Waals surface area contributed by atoms with Crippen LogP contribution in [0.2, 0.25) is 0 Å². The first-order chi connectivity index (χ1) is 9.11. The second-order valence-electron chi connectivity index (χ2n) is 5.17. The van der Waals surface area contributed by atoms with Crippen molar-refractivity contribution < 1.29 is 9.53 Å². The van der Waals surface area contributed by atoms with Crippen LogP contribution in [0.1, 0.15) is 35.3 Å². The van der Waals surface area contributed by atoms with Crippen molar-refractivity contribution in [3.63, 3.8) is 0 Å². The van der Waals surface area contributed by atoms with E-state index in [0.29, 0.717) is 36.4 Å². The fourth-order valence-corrected chi connectivity index (χ4v) is 2.66. The first-order valence-electron chi connectivity index (χ1n) is 6.72. The maximum atomic E-state index is 11.3. The lowest BCUT2D eigenvalue weighted by Gasteiger charge is -2.18. The van der Waals surface area contributed by atoms with Crippen molar-refractivity contribution in [2.24, 2.45) is 23.3 Å². The lowest BCUT2D eigenvalue weighted by molar-refractivity contribution is 0.0993. The molecule has 1 amide bonds. The molecule has 5 nitrogen and oxygen atoms in total. The molecular formula is C14H21N3O2. The lowest BCUT2D eigenvalue weighted by Crippen LogP contribution is -2.24. The van der Waals surface area contributed by atoms with E-state index in [-0.39, 0.29) is 0 Å². The Hall–Kier alpha value is -1.62. The first-order valence-corrected chi connectivity index (χ1v) is 6.72.